The number of hydrogen-bond acceptors (Lipinski definition) is 4. The zero-order valence-corrected chi connectivity index (χ0v) is 6.40. The maximum Gasteiger partial charge on any atom is 0.0791 e. The van der Waals surface area contributed by atoms with Gasteiger partial charge in [-0.3, -0.25) is 0 Å². The van der Waals surface area contributed by atoms with Gasteiger partial charge in [-0.2, -0.15) is 0 Å². The molecule has 0 spiro atoms. The van der Waals surface area contributed by atoms with Crippen LogP contribution in [0.25, 0.3) is 0 Å². The summed E-state index contributed by atoms with van der Waals surface area (Å²) < 4.78 is 3.88. The molecule has 2 rings (SSSR count). The van der Waals surface area contributed by atoms with Gasteiger partial charge >= 0.3 is 0 Å². The number of hydrogen-bond donors (Lipinski definition) is 1. The zero-order chi connectivity index (χ0) is 6.97. The van der Waals surface area contributed by atoms with Gasteiger partial charge in [-0.1, -0.05) is 4.49 Å². The van der Waals surface area contributed by atoms with Gasteiger partial charge in [0.05, 0.1) is 10.6 Å². The van der Waals surface area contributed by atoms with Gasteiger partial charge in [0.15, 0.2) is 0 Å². The van der Waals surface area contributed by atoms with E-state index in [0.717, 1.165) is 13.0 Å². The SMILES string of the molecule is NCC1CCc2nnsc21. The van der Waals surface area contributed by atoms with E-state index in [2.05, 4.69) is 9.59 Å². The molecule has 1 atom stereocenters. The minimum Gasteiger partial charge on any atom is -0.330 e. The molecular weight excluding hydrogens is 146 g/mol. The summed E-state index contributed by atoms with van der Waals surface area (Å²) >= 11 is 1.50. The smallest absolute Gasteiger partial charge is 0.0791 e. The summed E-state index contributed by atoms with van der Waals surface area (Å²) in [5, 5.41) is 4.01. The van der Waals surface area contributed by atoms with Crippen molar-refractivity contribution >= 4 is 11.5 Å². The van der Waals surface area contributed by atoms with E-state index in [4.69, 9.17) is 5.73 Å². The van der Waals surface area contributed by atoms with Crippen LogP contribution >= 0.6 is 11.5 Å². The Kier molecular flexibility index (Phi) is 1.43. The number of aryl methyl sites for hydroxylation is 1. The highest BCUT2D eigenvalue weighted by molar-refractivity contribution is 7.05. The Morgan fingerprint density at radius 1 is 1.70 bits per heavy atom. The van der Waals surface area contributed by atoms with Crippen LogP contribution in [0.15, 0.2) is 0 Å². The van der Waals surface area contributed by atoms with Gasteiger partial charge < -0.3 is 5.73 Å². The van der Waals surface area contributed by atoms with Crippen LogP contribution in [0.1, 0.15) is 22.9 Å². The third-order valence-corrected chi connectivity index (χ3v) is 2.90. The number of rotatable bonds is 1. The Morgan fingerprint density at radius 3 is 3.40 bits per heavy atom. The summed E-state index contributed by atoms with van der Waals surface area (Å²) in [6, 6.07) is 0. The molecule has 1 aliphatic rings. The molecule has 0 bridgehead atoms. The summed E-state index contributed by atoms with van der Waals surface area (Å²) in [4.78, 5) is 1.32. The third-order valence-electron chi connectivity index (χ3n) is 1.97. The van der Waals surface area contributed by atoms with Crippen molar-refractivity contribution in [1.82, 2.24) is 9.59 Å². The lowest BCUT2D eigenvalue weighted by atomic mass is 10.1. The summed E-state index contributed by atoms with van der Waals surface area (Å²) in [7, 11) is 0. The van der Waals surface area contributed by atoms with Gasteiger partial charge in [0, 0.05) is 12.5 Å². The molecule has 4 heteroatoms. The maximum atomic E-state index is 5.56. The normalized spacial score (nSPS) is 23.1. The van der Waals surface area contributed by atoms with Crippen molar-refractivity contribution in [2.45, 2.75) is 18.8 Å². The van der Waals surface area contributed by atoms with Crippen molar-refractivity contribution < 1.29 is 0 Å². The predicted octanol–water partition coefficient (Wildman–Crippen LogP) is 0.527. The van der Waals surface area contributed by atoms with E-state index in [1.54, 1.807) is 0 Å². The molecule has 0 radical (unpaired) electrons. The van der Waals surface area contributed by atoms with Crippen LogP contribution in [0.4, 0.5) is 0 Å². The molecule has 0 saturated carbocycles. The monoisotopic (exact) mass is 155 g/mol. The second-order valence-electron chi connectivity index (χ2n) is 2.56. The quantitative estimate of drug-likeness (QED) is 0.643. The van der Waals surface area contributed by atoms with E-state index in [1.807, 2.05) is 0 Å². The van der Waals surface area contributed by atoms with Gasteiger partial charge in [0.2, 0.25) is 0 Å². The highest BCUT2D eigenvalue weighted by atomic mass is 32.1. The lowest BCUT2D eigenvalue weighted by Gasteiger charge is -2.01. The van der Waals surface area contributed by atoms with Crippen LogP contribution in [-0.2, 0) is 6.42 Å². The molecule has 1 aliphatic carbocycles. The first-order chi connectivity index (χ1) is 4.92. The molecule has 1 aromatic rings. The fourth-order valence-corrected chi connectivity index (χ4v) is 2.20. The van der Waals surface area contributed by atoms with Crippen molar-refractivity contribution in [3.63, 3.8) is 0 Å². The third kappa shape index (κ3) is 0.759. The Bertz CT molecular complexity index is 233. The fraction of sp³-hybridized carbons (Fsp3) is 0.667. The highest BCUT2D eigenvalue weighted by Crippen LogP contribution is 2.32. The molecule has 0 aliphatic heterocycles. The van der Waals surface area contributed by atoms with Crippen molar-refractivity contribution in [3.05, 3.63) is 10.6 Å². The molecule has 2 N–H and O–H groups in total. The van der Waals surface area contributed by atoms with Crippen LogP contribution < -0.4 is 5.73 Å². The Hall–Kier alpha value is -0.480. The molecule has 0 amide bonds. The van der Waals surface area contributed by atoms with E-state index in [0.29, 0.717) is 5.92 Å². The molecule has 0 aromatic carbocycles. The highest BCUT2D eigenvalue weighted by Gasteiger charge is 2.24. The van der Waals surface area contributed by atoms with Crippen LogP contribution in [-0.4, -0.2) is 16.1 Å². The molecule has 0 fully saturated rings. The molecule has 10 heavy (non-hydrogen) atoms. The average molecular weight is 155 g/mol. The second kappa shape index (κ2) is 2.29. The number of nitrogens with zero attached hydrogens (tertiary/aromatic N) is 2. The first kappa shape index (κ1) is 6.24. The van der Waals surface area contributed by atoms with Gasteiger partial charge in [-0.25, -0.2) is 0 Å². The molecule has 1 unspecified atom stereocenters. The van der Waals surface area contributed by atoms with Crippen LogP contribution in [0, 0.1) is 0 Å². The molecule has 1 heterocycles. The summed E-state index contributed by atoms with van der Waals surface area (Å²) in [5.74, 6) is 0.551. The predicted molar refractivity (Wildman–Crippen MR) is 40.0 cm³/mol. The molecule has 3 nitrogen and oxygen atoms in total. The van der Waals surface area contributed by atoms with Crippen molar-refractivity contribution in [1.29, 1.82) is 0 Å². The summed E-state index contributed by atoms with van der Waals surface area (Å²) in [6.45, 7) is 0.747. The lowest BCUT2D eigenvalue weighted by Crippen LogP contribution is -2.07. The van der Waals surface area contributed by atoms with Gasteiger partial charge in [0.1, 0.15) is 0 Å². The molecular formula is C6H9N3S. The molecule has 0 saturated heterocycles. The maximum absolute atomic E-state index is 5.56. The zero-order valence-electron chi connectivity index (χ0n) is 5.58. The number of nitrogens with two attached hydrogens (primary N) is 1. The Morgan fingerprint density at radius 2 is 2.60 bits per heavy atom. The van der Waals surface area contributed by atoms with Crippen molar-refractivity contribution in [2.24, 2.45) is 5.73 Å². The number of fused-ring (bicyclic) bond motifs is 1. The lowest BCUT2D eigenvalue weighted by molar-refractivity contribution is 0.692. The van der Waals surface area contributed by atoms with Crippen molar-refractivity contribution in [3.8, 4) is 0 Å². The second-order valence-corrected chi connectivity index (χ2v) is 3.34. The number of aromatic nitrogens is 2. The minimum atomic E-state index is 0.551. The van der Waals surface area contributed by atoms with Gasteiger partial charge in [-0.05, 0) is 24.4 Å². The van der Waals surface area contributed by atoms with E-state index in [9.17, 15) is 0 Å². The topological polar surface area (TPSA) is 51.8 Å². The van der Waals surface area contributed by atoms with Gasteiger partial charge in [0.25, 0.3) is 0 Å². The van der Waals surface area contributed by atoms with Crippen molar-refractivity contribution in [2.75, 3.05) is 6.54 Å². The van der Waals surface area contributed by atoms with Crippen LogP contribution in [0.3, 0.4) is 0 Å². The standard InChI is InChI=1S/C6H9N3S/c7-3-4-1-2-5-6(4)10-9-8-5/h4H,1-3,7H2. The largest absolute Gasteiger partial charge is 0.330 e. The van der Waals surface area contributed by atoms with Crippen LogP contribution in [0.5, 0.6) is 0 Å². The molecule has 54 valence electrons. The summed E-state index contributed by atoms with van der Waals surface area (Å²) in [6.07, 6.45) is 2.25. The Balaban J connectivity index is 2.34. The minimum absolute atomic E-state index is 0.551. The van der Waals surface area contributed by atoms with E-state index < -0.39 is 0 Å². The first-order valence-electron chi connectivity index (χ1n) is 3.43. The van der Waals surface area contributed by atoms with Crippen LogP contribution in [0.2, 0.25) is 0 Å². The van der Waals surface area contributed by atoms with E-state index in [-0.39, 0.29) is 0 Å². The first-order valence-corrected chi connectivity index (χ1v) is 4.20. The summed E-state index contributed by atoms with van der Waals surface area (Å²) in [5.41, 5.74) is 6.74. The average Bonchev–Trinajstić information content (AvgIpc) is 2.44. The van der Waals surface area contributed by atoms with E-state index in [1.165, 1.54) is 28.5 Å². The van der Waals surface area contributed by atoms with Gasteiger partial charge in [-0.15, -0.1) is 5.10 Å². The Labute approximate surface area is 63.4 Å². The molecule has 1 aromatic heterocycles. The fourth-order valence-electron chi connectivity index (χ4n) is 1.37. The van der Waals surface area contributed by atoms with E-state index >= 15 is 0 Å².